The average Bonchev–Trinajstić information content (AvgIpc) is 2.82. The first-order valence-corrected chi connectivity index (χ1v) is 7.57. The Morgan fingerprint density at radius 3 is 3.10 bits per heavy atom. The number of nitrogens with one attached hydrogen (secondary N) is 1. The van der Waals surface area contributed by atoms with Gasteiger partial charge >= 0.3 is 5.97 Å². The first-order valence-electron chi connectivity index (χ1n) is 6.17. The summed E-state index contributed by atoms with van der Waals surface area (Å²) in [7, 11) is 0. The van der Waals surface area contributed by atoms with Crippen LogP contribution in [0.25, 0.3) is 11.0 Å². The largest absolute Gasteiger partial charge is 0.463 e. The number of esters is 1. The van der Waals surface area contributed by atoms with Crippen molar-refractivity contribution in [2.24, 2.45) is 0 Å². The van der Waals surface area contributed by atoms with E-state index in [9.17, 15) is 9.59 Å². The maximum Gasteiger partial charge on any atom is 0.315 e. The summed E-state index contributed by atoms with van der Waals surface area (Å²) in [4.78, 5) is 29.2. The van der Waals surface area contributed by atoms with E-state index in [0.717, 1.165) is 0 Å². The number of pyridine rings is 1. The van der Waals surface area contributed by atoms with Crippen molar-refractivity contribution in [2.75, 3.05) is 31.0 Å². The Kier molecular flexibility index (Phi) is 5.23. The molecule has 0 amide bonds. The molecule has 21 heavy (non-hydrogen) atoms. The second-order valence-corrected chi connectivity index (χ2v) is 5.06. The smallest absolute Gasteiger partial charge is 0.315 e. The minimum Gasteiger partial charge on any atom is -0.463 e. The summed E-state index contributed by atoms with van der Waals surface area (Å²) >= 11 is 1.40. The highest BCUT2D eigenvalue weighted by atomic mass is 32.2. The Labute approximate surface area is 124 Å². The molecule has 2 rings (SSSR count). The molecule has 3 N–H and O–H groups in total. The van der Waals surface area contributed by atoms with E-state index >= 15 is 0 Å². The molecule has 0 saturated heterocycles. The fourth-order valence-electron chi connectivity index (χ4n) is 1.73. The number of thioether (sulfide) groups is 1. The molecule has 2 aromatic heterocycles. The number of H-pyrrole nitrogens is 1. The SMILES string of the molecule is CSCC(=O)OCCOCn1cnc2c(=O)[nH]c(N)cc21. The summed E-state index contributed by atoms with van der Waals surface area (Å²) in [6.07, 6.45) is 3.33. The summed E-state index contributed by atoms with van der Waals surface area (Å²) in [5, 5.41) is 0. The number of nitrogens with two attached hydrogens (primary N) is 1. The van der Waals surface area contributed by atoms with Gasteiger partial charge in [-0.2, -0.15) is 11.8 Å². The van der Waals surface area contributed by atoms with E-state index in [1.54, 1.807) is 10.6 Å². The average molecular weight is 312 g/mol. The van der Waals surface area contributed by atoms with Gasteiger partial charge in [0.1, 0.15) is 19.2 Å². The normalized spacial score (nSPS) is 10.9. The van der Waals surface area contributed by atoms with Crippen molar-refractivity contribution in [3.05, 3.63) is 22.7 Å². The van der Waals surface area contributed by atoms with Crippen LogP contribution in [0.4, 0.5) is 5.82 Å². The molecule has 2 heterocycles. The number of carbonyl (C=O) groups is 1. The summed E-state index contributed by atoms with van der Waals surface area (Å²) in [5.74, 6) is 0.326. The van der Waals surface area contributed by atoms with Crippen LogP contribution in [0.1, 0.15) is 0 Å². The van der Waals surface area contributed by atoms with Crippen LogP contribution in [0.3, 0.4) is 0 Å². The van der Waals surface area contributed by atoms with Crippen molar-refractivity contribution in [2.45, 2.75) is 6.73 Å². The number of nitrogen functional groups attached to an aromatic ring is 1. The predicted molar refractivity (Wildman–Crippen MR) is 80.1 cm³/mol. The van der Waals surface area contributed by atoms with Gasteiger partial charge in [-0.05, 0) is 6.26 Å². The molecule has 2 aromatic rings. The number of imidazole rings is 1. The molecule has 0 aliphatic carbocycles. The molecule has 0 aromatic carbocycles. The van der Waals surface area contributed by atoms with Gasteiger partial charge < -0.3 is 24.8 Å². The van der Waals surface area contributed by atoms with Crippen molar-refractivity contribution >= 4 is 34.6 Å². The number of aromatic amines is 1. The van der Waals surface area contributed by atoms with Gasteiger partial charge in [0.25, 0.3) is 5.56 Å². The van der Waals surface area contributed by atoms with Gasteiger partial charge in [-0.25, -0.2) is 4.98 Å². The van der Waals surface area contributed by atoms with Gasteiger partial charge in [0, 0.05) is 6.07 Å². The fraction of sp³-hybridized carbons (Fsp3) is 0.417. The molecule has 9 heteroatoms. The van der Waals surface area contributed by atoms with Gasteiger partial charge in [-0.15, -0.1) is 0 Å². The molecule has 0 aliphatic rings. The molecule has 0 radical (unpaired) electrons. The highest BCUT2D eigenvalue weighted by molar-refractivity contribution is 7.99. The summed E-state index contributed by atoms with van der Waals surface area (Å²) in [5.41, 5.74) is 6.15. The topological polar surface area (TPSA) is 112 Å². The summed E-state index contributed by atoms with van der Waals surface area (Å²) < 4.78 is 12.0. The van der Waals surface area contributed by atoms with Crippen LogP contribution in [0.2, 0.25) is 0 Å². The van der Waals surface area contributed by atoms with Crippen LogP contribution < -0.4 is 11.3 Å². The minimum atomic E-state index is -0.338. The van der Waals surface area contributed by atoms with E-state index < -0.39 is 0 Å². The summed E-state index contributed by atoms with van der Waals surface area (Å²) in [6.45, 7) is 0.646. The van der Waals surface area contributed by atoms with Gasteiger partial charge in [0.05, 0.1) is 24.2 Å². The predicted octanol–water partition coefficient (Wildman–Crippen LogP) is 0.187. The molecule has 0 atom stereocenters. The molecule has 0 spiro atoms. The second kappa shape index (κ2) is 7.14. The van der Waals surface area contributed by atoms with Crippen molar-refractivity contribution < 1.29 is 14.3 Å². The third kappa shape index (κ3) is 3.99. The monoisotopic (exact) mass is 312 g/mol. The Morgan fingerprint density at radius 1 is 1.52 bits per heavy atom. The van der Waals surface area contributed by atoms with E-state index in [1.807, 2.05) is 6.26 Å². The van der Waals surface area contributed by atoms with E-state index in [2.05, 4.69) is 9.97 Å². The van der Waals surface area contributed by atoms with E-state index in [4.69, 9.17) is 15.2 Å². The van der Waals surface area contributed by atoms with E-state index in [1.165, 1.54) is 18.1 Å². The van der Waals surface area contributed by atoms with Crippen LogP contribution >= 0.6 is 11.8 Å². The number of ether oxygens (including phenoxy) is 2. The zero-order chi connectivity index (χ0) is 15.2. The highest BCUT2D eigenvalue weighted by Crippen LogP contribution is 2.10. The van der Waals surface area contributed by atoms with Crippen LogP contribution in [0, 0.1) is 0 Å². The Balaban J connectivity index is 1.87. The first kappa shape index (κ1) is 15.4. The standard InChI is InChI=1S/C12H16N4O4S/c1-21-5-10(17)20-3-2-19-7-16-6-14-11-8(16)4-9(13)15-12(11)18/h4,6H,2-3,5,7H2,1H3,(H3,13,15,18). The molecule has 8 nitrogen and oxygen atoms in total. The number of nitrogens with zero attached hydrogens (tertiary/aromatic N) is 2. The second-order valence-electron chi connectivity index (χ2n) is 4.19. The van der Waals surface area contributed by atoms with E-state index in [-0.39, 0.29) is 37.3 Å². The number of rotatable bonds is 7. The highest BCUT2D eigenvalue weighted by Gasteiger charge is 2.07. The lowest BCUT2D eigenvalue weighted by Gasteiger charge is -2.07. The number of hydrogen-bond acceptors (Lipinski definition) is 7. The Hall–Kier alpha value is -2.00. The Bertz CT molecular complexity index is 681. The quantitative estimate of drug-likeness (QED) is 0.554. The fourth-order valence-corrected chi connectivity index (χ4v) is 2.05. The van der Waals surface area contributed by atoms with Gasteiger partial charge in [-0.3, -0.25) is 9.59 Å². The lowest BCUT2D eigenvalue weighted by Crippen LogP contribution is -2.14. The number of anilines is 1. The lowest BCUT2D eigenvalue weighted by molar-refractivity contribution is -0.142. The zero-order valence-corrected chi connectivity index (χ0v) is 12.3. The van der Waals surface area contributed by atoms with Crippen molar-refractivity contribution in [1.82, 2.24) is 14.5 Å². The maximum absolute atomic E-state index is 11.6. The van der Waals surface area contributed by atoms with E-state index in [0.29, 0.717) is 16.8 Å². The third-order valence-corrected chi connectivity index (χ3v) is 3.15. The van der Waals surface area contributed by atoms with Gasteiger partial charge in [0.15, 0.2) is 5.52 Å². The van der Waals surface area contributed by atoms with Crippen molar-refractivity contribution in [3.8, 4) is 0 Å². The number of hydrogen-bond donors (Lipinski definition) is 2. The molecule has 0 bridgehead atoms. The number of carbonyl (C=O) groups excluding carboxylic acids is 1. The maximum atomic E-state index is 11.6. The molecular weight excluding hydrogens is 296 g/mol. The molecule has 0 unspecified atom stereocenters. The lowest BCUT2D eigenvalue weighted by atomic mass is 10.4. The van der Waals surface area contributed by atoms with Gasteiger partial charge in [0.2, 0.25) is 0 Å². The molecular formula is C12H16N4O4S. The summed E-state index contributed by atoms with van der Waals surface area (Å²) in [6, 6.07) is 1.62. The van der Waals surface area contributed by atoms with Crippen molar-refractivity contribution in [1.29, 1.82) is 0 Å². The van der Waals surface area contributed by atoms with Gasteiger partial charge in [-0.1, -0.05) is 0 Å². The number of aromatic nitrogens is 3. The molecule has 0 aliphatic heterocycles. The van der Waals surface area contributed by atoms with Crippen LogP contribution in [0.15, 0.2) is 17.2 Å². The Morgan fingerprint density at radius 2 is 2.33 bits per heavy atom. The van der Waals surface area contributed by atoms with Crippen LogP contribution in [-0.2, 0) is 21.0 Å². The van der Waals surface area contributed by atoms with Crippen LogP contribution in [0.5, 0.6) is 0 Å². The molecule has 0 fully saturated rings. The third-order valence-electron chi connectivity index (χ3n) is 2.63. The zero-order valence-electron chi connectivity index (χ0n) is 11.5. The first-order chi connectivity index (χ1) is 10.1. The van der Waals surface area contributed by atoms with Crippen molar-refractivity contribution in [3.63, 3.8) is 0 Å². The minimum absolute atomic E-state index is 0.189. The van der Waals surface area contributed by atoms with Crippen LogP contribution in [-0.4, -0.2) is 45.7 Å². The molecule has 114 valence electrons. The molecule has 0 saturated carbocycles. The number of fused-ring (bicyclic) bond motifs is 1.